The SMILES string of the molecule is COc1ccc(NC(=O)C(CC(=O)C(C)(C)C)=NN=C2c3ccccc3-c3ccccc32)cc1. The van der Waals surface area contributed by atoms with Gasteiger partial charge in [-0.3, -0.25) is 9.59 Å². The molecule has 172 valence electrons. The first kappa shape index (κ1) is 23.1. The minimum atomic E-state index is -0.610. The largest absolute Gasteiger partial charge is 0.497 e. The van der Waals surface area contributed by atoms with Gasteiger partial charge in [0.2, 0.25) is 0 Å². The van der Waals surface area contributed by atoms with E-state index in [1.54, 1.807) is 31.4 Å². The van der Waals surface area contributed by atoms with Gasteiger partial charge >= 0.3 is 0 Å². The lowest BCUT2D eigenvalue weighted by molar-refractivity contribution is -0.125. The number of ketones is 1. The summed E-state index contributed by atoms with van der Waals surface area (Å²) in [4.78, 5) is 25.9. The van der Waals surface area contributed by atoms with Crippen LogP contribution < -0.4 is 10.1 Å². The van der Waals surface area contributed by atoms with E-state index >= 15 is 0 Å². The third-order valence-electron chi connectivity index (χ3n) is 5.70. The fraction of sp³-hybridized carbons (Fsp3) is 0.214. The Morgan fingerprint density at radius 3 is 1.85 bits per heavy atom. The highest BCUT2D eigenvalue weighted by Crippen LogP contribution is 2.36. The molecule has 6 nitrogen and oxygen atoms in total. The molecule has 4 rings (SSSR count). The van der Waals surface area contributed by atoms with Crippen molar-refractivity contribution in [1.29, 1.82) is 0 Å². The number of anilines is 1. The van der Waals surface area contributed by atoms with Crippen LogP contribution in [0, 0.1) is 5.41 Å². The lowest BCUT2D eigenvalue weighted by atomic mass is 9.87. The topological polar surface area (TPSA) is 80.1 Å². The Bertz CT molecular complexity index is 1250. The second kappa shape index (κ2) is 9.43. The van der Waals surface area contributed by atoms with Crippen LogP contribution in [0.1, 0.15) is 38.3 Å². The van der Waals surface area contributed by atoms with E-state index < -0.39 is 11.3 Å². The molecular weight excluding hydrogens is 426 g/mol. The molecule has 0 heterocycles. The third-order valence-corrected chi connectivity index (χ3v) is 5.70. The average molecular weight is 454 g/mol. The number of nitrogens with zero attached hydrogens (tertiary/aromatic N) is 2. The molecule has 0 unspecified atom stereocenters. The van der Waals surface area contributed by atoms with E-state index in [1.807, 2.05) is 69.3 Å². The average Bonchev–Trinajstić information content (AvgIpc) is 3.15. The summed E-state index contributed by atoms with van der Waals surface area (Å²) in [6.45, 7) is 5.47. The lowest BCUT2D eigenvalue weighted by Gasteiger charge is -2.16. The summed E-state index contributed by atoms with van der Waals surface area (Å²) in [5.74, 6) is 0.120. The maximum Gasteiger partial charge on any atom is 0.272 e. The lowest BCUT2D eigenvalue weighted by Crippen LogP contribution is -2.30. The monoisotopic (exact) mass is 453 g/mol. The van der Waals surface area contributed by atoms with E-state index in [0.29, 0.717) is 17.1 Å². The van der Waals surface area contributed by atoms with E-state index in [9.17, 15) is 9.59 Å². The van der Waals surface area contributed by atoms with Crippen molar-refractivity contribution in [1.82, 2.24) is 0 Å². The molecule has 34 heavy (non-hydrogen) atoms. The molecule has 0 aliphatic heterocycles. The highest BCUT2D eigenvalue weighted by Gasteiger charge is 2.27. The van der Waals surface area contributed by atoms with Gasteiger partial charge in [-0.25, -0.2) is 0 Å². The number of carbonyl (C=O) groups excluding carboxylic acids is 2. The van der Waals surface area contributed by atoms with Crippen molar-refractivity contribution in [3.05, 3.63) is 83.9 Å². The van der Waals surface area contributed by atoms with Crippen molar-refractivity contribution in [2.75, 3.05) is 12.4 Å². The fourth-order valence-electron chi connectivity index (χ4n) is 3.67. The van der Waals surface area contributed by atoms with Crippen LogP contribution in [0.2, 0.25) is 0 Å². The molecule has 0 atom stereocenters. The zero-order valence-electron chi connectivity index (χ0n) is 19.8. The Hall–Kier alpha value is -4.06. The number of carbonyl (C=O) groups is 2. The fourth-order valence-corrected chi connectivity index (χ4v) is 3.67. The molecule has 1 amide bonds. The molecule has 1 N–H and O–H groups in total. The summed E-state index contributed by atoms with van der Waals surface area (Å²) in [5, 5.41) is 11.7. The predicted octanol–water partition coefficient (Wildman–Crippen LogP) is 5.51. The van der Waals surface area contributed by atoms with E-state index in [1.165, 1.54) is 0 Å². The molecule has 6 heteroatoms. The van der Waals surface area contributed by atoms with Crippen LogP contribution in [0.3, 0.4) is 0 Å². The van der Waals surface area contributed by atoms with Gasteiger partial charge in [-0.1, -0.05) is 69.3 Å². The Kier molecular flexibility index (Phi) is 6.41. The van der Waals surface area contributed by atoms with Crippen LogP contribution in [0.15, 0.2) is 83.0 Å². The van der Waals surface area contributed by atoms with Gasteiger partial charge in [0.25, 0.3) is 5.91 Å². The van der Waals surface area contributed by atoms with Crippen LogP contribution >= 0.6 is 0 Å². The van der Waals surface area contributed by atoms with Gasteiger partial charge in [0.15, 0.2) is 0 Å². The number of nitrogens with one attached hydrogen (secondary N) is 1. The van der Waals surface area contributed by atoms with Gasteiger partial charge in [0.05, 0.1) is 13.5 Å². The number of amides is 1. The van der Waals surface area contributed by atoms with Crippen molar-refractivity contribution in [2.45, 2.75) is 27.2 Å². The van der Waals surface area contributed by atoms with Crippen LogP contribution in [0.5, 0.6) is 5.75 Å². The number of benzene rings is 3. The molecule has 3 aromatic carbocycles. The molecule has 0 bridgehead atoms. The summed E-state index contributed by atoms with van der Waals surface area (Å²) in [6, 6.07) is 22.9. The zero-order valence-corrected chi connectivity index (χ0v) is 19.8. The van der Waals surface area contributed by atoms with Gasteiger partial charge in [-0.2, -0.15) is 0 Å². The number of hydrogen-bond donors (Lipinski definition) is 1. The summed E-state index contributed by atoms with van der Waals surface area (Å²) >= 11 is 0. The quantitative estimate of drug-likeness (QED) is 0.309. The minimum Gasteiger partial charge on any atom is -0.497 e. The minimum absolute atomic E-state index is 0.0603. The summed E-state index contributed by atoms with van der Waals surface area (Å²) in [5.41, 5.74) is 4.75. The van der Waals surface area contributed by atoms with Gasteiger partial charge in [-0.15, -0.1) is 10.2 Å². The maximum atomic E-state index is 13.1. The second-order valence-corrected chi connectivity index (χ2v) is 9.12. The van der Waals surface area contributed by atoms with Crippen molar-refractivity contribution in [3.63, 3.8) is 0 Å². The van der Waals surface area contributed by atoms with Gasteiger partial charge in [0, 0.05) is 22.2 Å². The maximum absolute atomic E-state index is 13.1. The van der Waals surface area contributed by atoms with E-state index in [-0.39, 0.29) is 17.9 Å². The Morgan fingerprint density at radius 1 is 0.824 bits per heavy atom. The predicted molar refractivity (Wildman–Crippen MR) is 136 cm³/mol. The van der Waals surface area contributed by atoms with Crippen LogP contribution in [-0.4, -0.2) is 30.2 Å². The van der Waals surface area contributed by atoms with Crippen LogP contribution in [0.4, 0.5) is 5.69 Å². The van der Waals surface area contributed by atoms with E-state index in [4.69, 9.17) is 4.74 Å². The highest BCUT2D eigenvalue weighted by atomic mass is 16.5. The normalized spacial score (nSPS) is 12.6. The Labute approximate surface area is 199 Å². The molecule has 1 aliphatic carbocycles. The van der Waals surface area contributed by atoms with Gasteiger partial charge < -0.3 is 10.1 Å². The smallest absolute Gasteiger partial charge is 0.272 e. The number of Topliss-reactive ketones (excluding diaryl/α,β-unsaturated/α-hetero) is 1. The van der Waals surface area contributed by atoms with Crippen molar-refractivity contribution in [2.24, 2.45) is 15.6 Å². The van der Waals surface area contributed by atoms with Crippen LogP contribution in [-0.2, 0) is 9.59 Å². The van der Waals surface area contributed by atoms with E-state index in [0.717, 1.165) is 22.3 Å². The summed E-state index contributed by atoms with van der Waals surface area (Å²) < 4.78 is 5.17. The van der Waals surface area contributed by atoms with Crippen LogP contribution in [0.25, 0.3) is 11.1 Å². The first-order valence-corrected chi connectivity index (χ1v) is 11.1. The van der Waals surface area contributed by atoms with Gasteiger partial charge in [0.1, 0.15) is 23.0 Å². The number of methoxy groups -OCH3 is 1. The molecule has 0 aromatic heterocycles. The first-order valence-electron chi connectivity index (χ1n) is 11.1. The van der Waals surface area contributed by atoms with E-state index in [2.05, 4.69) is 15.5 Å². The van der Waals surface area contributed by atoms with Crippen molar-refractivity contribution in [3.8, 4) is 16.9 Å². The molecule has 0 radical (unpaired) electrons. The Morgan fingerprint density at radius 2 is 1.35 bits per heavy atom. The van der Waals surface area contributed by atoms with Gasteiger partial charge in [-0.05, 0) is 35.4 Å². The second-order valence-electron chi connectivity index (χ2n) is 9.12. The number of ether oxygens (including phenoxy) is 1. The molecular formula is C28H27N3O3. The van der Waals surface area contributed by atoms with Crippen molar-refractivity contribution < 1.29 is 14.3 Å². The number of rotatable bonds is 6. The third kappa shape index (κ3) is 4.81. The molecule has 0 spiro atoms. The molecule has 3 aromatic rings. The molecule has 1 aliphatic rings. The van der Waals surface area contributed by atoms with Crippen molar-refractivity contribution >= 4 is 28.8 Å². The highest BCUT2D eigenvalue weighted by molar-refractivity contribution is 6.46. The summed E-state index contributed by atoms with van der Waals surface area (Å²) in [6.07, 6.45) is -0.119. The number of fused-ring (bicyclic) bond motifs is 3. The molecule has 0 saturated heterocycles. The molecule has 0 saturated carbocycles. The molecule has 0 fully saturated rings. The Balaban J connectivity index is 1.71. The zero-order chi connectivity index (χ0) is 24.3. The summed E-state index contributed by atoms with van der Waals surface area (Å²) in [7, 11) is 1.58. The standard InChI is InChI=1S/C28H27N3O3/c1-28(2,3)25(32)17-24(27(33)29-18-13-15-19(34-4)16-14-18)30-31-26-22-11-7-5-9-20(22)21-10-6-8-12-23(21)26/h5-16H,17H2,1-4H3,(H,29,33). The first-order chi connectivity index (χ1) is 16.3. The number of hydrogen-bond acceptors (Lipinski definition) is 5.